The first-order valence-corrected chi connectivity index (χ1v) is 9.23. The highest BCUT2D eigenvalue weighted by Gasteiger charge is 2.58. The van der Waals surface area contributed by atoms with Gasteiger partial charge in [0.2, 0.25) is 5.78 Å². The molecule has 3 rings (SSSR count). The van der Waals surface area contributed by atoms with Crippen molar-refractivity contribution in [2.75, 3.05) is 19.0 Å². The Bertz CT molecular complexity index is 1050. The fourth-order valence-corrected chi connectivity index (χ4v) is 3.56. The van der Waals surface area contributed by atoms with Gasteiger partial charge >= 0.3 is 5.92 Å². The third-order valence-corrected chi connectivity index (χ3v) is 5.27. The minimum atomic E-state index is -4.12. The predicted molar refractivity (Wildman–Crippen MR) is 108 cm³/mol. The first kappa shape index (κ1) is 20.9. The summed E-state index contributed by atoms with van der Waals surface area (Å²) in [7, 11) is 3.64. The number of hydrogen-bond donors (Lipinski definition) is 1. The zero-order valence-corrected chi connectivity index (χ0v) is 16.4. The maximum Gasteiger partial charge on any atom is 0.341 e. The molecule has 0 amide bonds. The number of fused-ring (bicyclic) bond motifs is 1. The van der Waals surface area contributed by atoms with Gasteiger partial charge in [-0.2, -0.15) is 8.78 Å². The van der Waals surface area contributed by atoms with Crippen molar-refractivity contribution in [3.05, 3.63) is 77.6 Å². The van der Waals surface area contributed by atoms with E-state index in [0.717, 1.165) is 30.0 Å². The SMILES string of the molecule is CCC(O)(c1ccc(F)cc1)C(F)(F)C(=O)c1ccc(N(C)C)c2ccccc12. The lowest BCUT2D eigenvalue weighted by molar-refractivity contribution is -0.158. The number of Topliss-reactive ketones (excluding diaryl/α,β-unsaturated/α-hetero) is 1. The van der Waals surface area contributed by atoms with E-state index in [1.54, 1.807) is 30.3 Å². The molecule has 0 aliphatic heterocycles. The zero-order valence-electron chi connectivity index (χ0n) is 16.4. The Hall–Kier alpha value is -2.86. The first-order chi connectivity index (χ1) is 13.6. The monoisotopic (exact) mass is 401 g/mol. The summed E-state index contributed by atoms with van der Waals surface area (Å²) in [4.78, 5) is 14.8. The normalized spacial score (nSPS) is 13.9. The highest BCUT2D eigenvalue weighted by molar-refractivity contribution is 6.14. The third-order valence-electron chi connectivity index (χ3n) is 5.27. The van der Waals surface area contributed by atoms with E-state index >= 15 is 8.78 Å². The lowest BCUT2D eigenvalue weighted by atomic mass is 9.80. The van der Waals surface area contributed by atoms with Gasteiger partial charge in [0.25, 0.3) is 0 Å². The molecule has 0 bridgehead atoms. The Morgan fingerprint density at radius 1 is 0.966 bits per heavy atom. The quantitative estimate of drug-likeness (QED) is 0.580. The van der Waals surface area contributed by atoms with Crippen LogP contribution in [0.4, 0.5) is 18.9 Å². The minimum Gasteiger partial charge on any atom is -0.378 e. The average Bonchev–Trinajstić information content (AvgIpc) is 2.72. The standard InChI is InChI=1S/C23H22F3NO2/c1-4-22(29,15-9-11-16(24)12-10-15)23(25,26)21(28)19-13-14-20(27(2)3)18-8-6-5-7-17(18)19/h5-14,29H,4H2,1-3H3. The van der Waals surface area contributed by atoms with Crippen LogP contribution in [0.15, 0.2) is 60.7 Å². The van der Waals surface area contributed by atoms with Crippen LogP contribution in [0, 0.1) is 5.82 Å². The molecular weight excluding hydrogens is 379 g/mol. The highest BCUT2D eigenvalue weighted by atomic mass is 19.3. The van der Waals surface area contributed by atoms with Gasteiger partial charge in [-0.15, -0.1) is 0 Å². The highest BCUT2D eigenvalue weighted by Crippen LogP contribution is 2.44. The van der Waals surface area contributed by atoms with Crippen LogP contribution >= 0.6 is 0 Å². The van der Waals surface area contributed by atoms with Crippen LogP contribution in [0.3, 0.4) is 0 Å². The number of carbonyl (C=O) groups excluding carboxylic acids is 1. The number of anilines is 1. The van der Waals surface area contributed by atoms with Crippen molar-refractivity contribution >= 4 is 22.2 Å². The van der Waals surface area contributed by atoms with E-state index < -0.39 is 29.5 Å². The Balaban J connectivity index is 2.16. The number of nitrogens with zero attached hydrogens (tertiary/aromatic N) is 1. The van der Waals surface area contributed by atoms with Crippen molar-refractivity contribution in [3.8, 4) is 0 Å². The van der Waals surface area contributed by atoms with Gasteiger partial charge in [-0.1, -0.05) is 43.3 Å². The molecule has 1 unspecified atom stereocenters. The Morgan fingerprint density at radius 3 is 2.10 bits per heavy atom. The van der Waals surface area contributed by atoms with E-state index in [1.807, 2.05) is 19.0 Å². The zero-order chi connectivity index (χ0) is 21.4. The van der Waals surface area contributed by atoms with E-state index in [-0.39, 0.29) is 11.1 Å². The van der Waals surface area contributed by atoms with E-state index in [2.05, 4.69) is 0 Å². The molecule has 152 valence electrons. The van der Waals surface area contributed by atoms with Crippen LogP contribution < -0.4 is 4.90 Å². The molecule has 29 heavy (non-hydrogen) atoms. The fraction of sp³-hybridized carbons (Fsp3) is 0.261. The Kier molecular flexibility index (Phi) is 5.41. The summed E-state index contributed by atoms with van der Waals surface area (Å²) in [6, 6.07) is 13.9. The predicted octanol–water partition coefficient (Wildman–Crippen LogP) is 5.16. The molecule has 0 aliphatic carbocycles. The minimum absolute atomic E-state index is 0.176. The van der Waals surface area contributed by atoms with Gasteiger partial charge in [-0.25, -0.2) is 4.39 Å². The number of carbonyl (C=O) groups is 1. The fourth-order valence-electron chi connectivity index (χ4n) is 3.56. The number of halogens is 3. The molecule has 3 aromatic carbocycles. The maximum atomic E-state index is 15.4. The second kappa shape index (κ2) is 7.52. The molecule has 0 saturated carbocycles. The van der Waals surface area contributed by atoms with Crippen molar-refractivity contribution in [3.63, 3.8) is 0 Å². The molecular formula is C23H22F3NO2. The van der Waals surface area contributed by atoms with Crippen molar-refractivity contribution < 1.29 is 23.1 Å². The van der Waals surface area contributed by atoms with Crippen LogP contribution in [0.2, 0.25) is 0 Å². The molecule has 0 saturated heterocycles. The molecule has 0 spiro atoms. The van der Waals surface area contributed by atoms with Crippen LogP contribution in [0.1, 0.15) is 29.3 Å². The molecule has 1 atom stereocenters. The summed E-state index contributed by atoms with van der Waals surface area (Å²) in [6.45, 7) is 1.36. The van der Waals surface area contributed by atoms with Crippen molar-refractivity contribution in [2.24, 2.45) is 0 Å². The molecule has 0 radical (unpaired) electrons. The van der Waals surface area contributed by atoms with Gasteiger partial charge in [-0.3, -0.25) is 4.79 Å². The van der Waals surface area contributed by atoms with E-state index in [0.29, 0.717) is 10.8 Å². The van der Waals surface area contributed by atoms with Gasteiger partial charge in [0.1, 0.15) is 5.82 Å². The molecule has 3 nitrogen and oxygen atoms in total. The second-order valence-corrected chi connectivity index (χ2v) is 7.20. The number of hydrogen-bond acceptors (Lipinski definition) is 3. The Labute approximate surface area is 167 Å². The second-order valence-electron chi connectivity index (χ2n) is 7.20. The van der Waals surface area contributed by atoms with Gasteiger partial charge in [0.15, 0.2) is 5.60 Å². The molecule has 1 N–H and O–H groups in total. The van der Waals surface area contributed by atoms with Crippen LogP contribution in [-0.2, 0) is 5.60 Å². The number of rotatable bonds is 6. The summed E-state index contributed by atoms with van der Waals surface area (Å²) in [6.07, 6.45) is -0.426. The summed E-state index contributed by atoms with van der Waals surface area (Å²) in [5.74, 6) is -6.22. The van der Waals surface area contributed by atoms with Crippen molar-refractivity contribution in [2.45, 2.75) is 24.9 Å². The average molecular weight is 401 g/mol. The largest absolute Gasteiger partial charge is 0.378 e. The van der Waals surface area contributed by atoms with E-state index in [4.69, 9.17) is 0 Å². The molecule has 0 fully saturated rings. The van der Waals surface area contributed by atoms with Gasteiger partial charge in [0, 0.05) is 30.7 Å². The molecule has 0 heterocycles. The van der Waals surface area contributed by atoms with Crippen molar-refractivity contribution in [1.82, 2.24) is 0 Å². The van der Waals surface area contributed by atoms with Crippen molar-refractivity contribution in [1.29, 1.82) is 0 Å². The van der Waals surface area contributed by atoms with Crippen LogP contribution in [0.25, 0.3) is 10.8 Å². The lowest BCUT2D eigenvalue weighted by Gasteiger charge is -2.34. The third kappa shape index (κ3) is 3.38. The smallest absolute Gasteiger partial charge is 0.341 e. The summed E-state index contributed by atoms with van der Waals surface area (Å²) >= 11 is 0. The number of benzene rings is 3. The number of ketones is 1. The molecule has 0 aromatic heterocycles. The van der Waals surface area contributed by atoms with E-state index in [9.17, 15) is 14.3 Å². The number of aliphatic hydroxyl groups is 1. The summed E-state index contributed by atoms with van der Waals surface area (Å²) in [5.41, 5.74) is -2.37. The van der Waals surface area contributed by atoms with Crippen LogP contribution in [0.5, 0.6) is 0 Å². The summed E-state index contributed by atoms with van der Waals surface area (Å²) < 4.78 is 44.1. The van der Waals surface area contributed by atoms with Gasteiger partial charge in [-0.05, 0) is 41.6 Å². The molecule has 6 heteroatoms. The molecule has 3 aromatic rings. The first-order valence-electron chi connectivity index (χ1n) is 9.23. The Morgan fingerprint density at radius 2 is 1.55 bits per heavy atom. The van der Waals surface area contributed by atoms with E-state index in [1.165, 1.54) is 13.0 Å². The topological polar surface area (TPSA) is 40.5 Å². The van der Waals surface area contributed by atoms with Crippen LogP contribution in [-0.4, -0.2) is 30.9 Å². The van der Waals surface area contributed by atoms with Gasteiger partial charge in [0.05, 0.1) is 0 Å². The summed E-state index contributed by atoms with van der Waals surface area (Å²) in [5, 5.41) is 11.9. The lowest BCUT2D eigenvalue weighted by Crippen LogP contribution is -2.50. The number of alkyl halides is 2. The maximum absolute atomic E-state index is 15.4. The molecule has 0 aliphatic rings. The van der Waals surface area contributed by atoms with Gasteiger partial charge < -0.3 is 10.0 Å².